The van der Waals surface area contributed by atoms with Crippen molar-refractivity contribution < 1.29 is 17.9 Å². The summed E-state index contributed by atoms with van der Waals surface area (Å²) in [5.74, 6) is -0.926. The van der Waals surface area contributed by atoms with Crippen molar-refractivity contribution in [2.24, 2.45) is 5.92 Å². The molecule has 0 radical (unpaired) electrons. The van der Waals surface area contributed by atoms with E-state index in [1.807, 2.05) is 42.3 Å². The Kier molecular flexibility index (Phi) is 5.64. The fourth-order valence-electron chi connectivity index (χ4n) is 5.41. The number of nitriles is 1. The molecule has 3 atom stereocenters. The smallest absolute Gasteiger partial charge is 0.246 e. The Morgan fingerprint density at radius 3 is 2.59 bits per heavy atom. The summed E-state index contributed by atoms with van der Waals surface area (Å²) in [6, 6.07) is 19.9. The van der Waals surface area contributed by atoms with E-state index in [0.29, 0.717) is 12.0 Å². The Bertz CT molecular complexity index is 1400. The monoisotopic (exact) mass is 477 g/mol. The number of halogens is 1. The van der Waals surface area contributed by atoms with Crippen LogP contribution in [0.3, 0.4) is 0 Å². The Balaban J connectivity index is 1.66. The summed E-state index contributed by atoms with van der Waals surface area (Å²) < 4.78 is 43.1. The molecular weight excluding hydrogens is 453 g/mol. The van der Waals surface area contributed by atoms with E-state index in [4.69, 9.17) is 0 Å². The lowest BCUT2D eigenvalue weighted by molar-refractivity contribution is 0.193. The second kappa shape index (κ2) is 8.51. The molecular formula is C26H24FN3O3S. The van der Waals surface area contributed by atoms with Gasteiger partial charge >= 0.3 is 0 Å². The van der Waals surface area contributed by atoms with Crippen LogP contribution in [0.25, 0.3) is 11.1 Å². The Hall–Kier alpha value is -3.25. The minimum Gasteiger partial charge on any atom is -0.394 e. The molecule has 3 aromatic rings. The van der Waals surface area contributed by atoms with Crippen LogP contribution in [0.5, 0.6) is 0 Å². The molecule has 2 aliphatic rings. The highest BCUT2D eigenvalue weighted by molar-refractivity contribution is 7.89. The van der Waals surface area contributed by atoms with Gasteiger partial charge < -0.3 is 10.0 Å². The second-order valence-corrected chi connectivity index (χ2v) is 10.6. The van der Waals surface area contributed by atoms with Crippen LogP contribution in [0.2, 0.25) is 0 Å². The molecule has 0 bridgehead atoms. The summed E-state index contributed by atoms with van der Waals surface area (Å²) in [6.07, 6.45) is 0.557. The molecule has 1 saturated heterocycles. The Labute approximate surface area is 198 Å². The number of fused-ring (bicyclic) bond motifs is 3. The van der Waals surface area contributed by atoms with Gasteiger partial charge in [0.2, 0.25) is 10.0 Å². The molecule has 1 N–H and O–H groups in total. The molecule has 1 fully saturated rings. The molecule has 174 valence electrons. The van der Waals surface area contributed by atoms with Gasteiger partial charge in [-0.1, -0.05) is 30.3 Å². The van der Waals surface area contributed by atoms with Crippen molar-refractivity contribution in [3.63, 3.8) is 0 Å². The van der Waals surface area contributed by atoms with Gasteiger partial charge in [-0.25, -0.2) is 12.8 Å². The first kappa shape index (κ1) is 22.5. The van der Waals surface area contributed by atoms with Gasteiger partial charge in [0.1, 0.15) is 10.7 Å². The molecule has 0 aliphatic carbocycles. The number of anilines is 1. The Morgan fingerprint density at radius 2 is 1.85 bits per heavy atom. The van der Waals surface area contributed by atoms with Gasteiger partial charge in [0.25, 0.3) is 0 Å². The molecule has 3 aromatic carbocycles. The van der Waals surface area contributed by atoms with Crippen molar-refractivity contribution >= 4 is 15.7 Å². The lowest BCUT2D eigenvalue weighted by atomic mass is 9.81. The van der Waals surface area contributed by atoms with E-state index in [2.05, 4.69) is 6.07 Å². The summed E-state index contributed by atoms with van der Waals surface area (Å²) in [5, 5.41) is 19.5. The van der Waals surface area contributed by atoms with E-state index in [1.165, 1.54) is 22.5 Å². The van der Waals surface area contributed by atoms with E-state index in [0.717, 1.165) is 28.4 Å². The van der Waals surface area contributed by atoms with E-state index in [9.17, 15) is 23.2 Å². The number of likely N-dealkylation sites (N-methyl/N-ethyl adjacent to an activating group) is 1. The average Bonchev–Trinajstić information content (AvgIpc) is 3.30. The minimum absolute atomic E-state index is 0.114. The number of aliphatic hydroxyl groups is 1. The average molecular weight is 478 g/mol. The first-order chi connectivity index (χ1) is 16.4. The normalized spacial score (nSPS) is 22.2. The van der Waals surface area contributed by atoms with Gasteiger partial charge in [0, 0.05) is 25.2 Å². The highest BCUT2D eigenvalue weighted by Crippen LogP contribution is 2.51. The van der Waals surface area contributed by atoms with E-state index >= 15 is 0 Å². The molecule has 5 rings (SSSR count). The molecule has 2 heterocycles. The third-order valence-corrected chi connectivity index (χ3v) is 8.97. The lowest BCUT2D eigenvalue weighted by Crippen LogP contribution is -2.48. The van der Waals surface area contributed by atoms with Gasteiger partial charge in [-0.2, -0.15) is 9.57 Å². The number of sulfonamides is 1. The summed E-state index contributed by atoms with van der Waals surface area (Å²) in [4.78, 5) is 1.67. The van der Waals surface area contributed by atoms with Crippen LogP contribution in [0.1, 0.15) is 23.6 Å². The SMILES string of the molecule is CN1c2ccc(-c3cccc(C#N)c3)cc2[C@H]2[C@H](CCN2S(=O)(=O)c2ccccc2F)[C@H]1CO. The molecule has 0 amide bonds. The molecule has 0 spiro atoms. The molecule has 2 aliphatic heterocycles. The van der Waals surface area contributed by atoms with Crippen molar-refractivity contribution in [3.05, 3.63) is 83.7 Å². The van der Waals surface area contributed by atoms with Crippen LogP contribution < -0.4 is 4.90 Å². The van der Waals surface area contributed by atoms with Crippen LogP contribution in [0, 0.1) is 23.1 Å². The largest absolute Gasteiger partial charge is 0.394 e. The highest BCUT2D eigenvalue weighted by Gasteiger charge is 2.50. The highest BCUT2D eigenvalue weighted by atomic mass is 32.2. The number of hydrogen-bond donors (Lipinski definition) is 1. The fourth-order valence-corrected chi connectivity index (χ4v) is 7.14. The minimum atomic E-state index is -4.10. The van der Waals surface area contributed by atoms with Crippen LogP contribution in [-0.2, 0) is 10.0 Å². The van der Waals surface area contributed by atoms with E-state index in [1.54, 1.807) is 12.1 Å². The zero-order chi connectivity index (χ0) is 24.0. The first-order valence-corrected chi connectivity index (χ1v) is 12.6. The number of aliphatic hydroxyl groups excluding tert-OH is 1. The number of benzene rings is 3. The number of hydrogen-bond acceptors (Lipinski definition) is 5. The zero-order valence-corrected chi connectivity index (χ0v) is 19.4. The molecule has 6 nitrogen and oxygen atoms in total. The van der Waals surface area contributed by atoms with Gasteiger partial charge in [-0.3, -0.25) is 0 Å². The van der Waals surface area contributed by atoms with Crippen molar-refractivity contribution in [2.45, 2.75) is 23.4 Å². The summed E-state index contributed by atoms with van der Waals surface area (Å²) in [5.41, 5.74) is 3.90. The van der Waals surface area contributed by atoms with E-state index < -0.39 is 21.9 Å². The van der Waals surface area contributed by atoms with Crippen molar-refractivity contribution in [1.29, 1.82) is 5.26 Å². The molecule has 0 saturated carbocycles. The van der Waals surface area contributed by atoms with Crippen molar-refractivity contribution in [1.82, 2.24) is 4.31 Å². The van der Waals surface area contributed by atoms with Gasteiger partial charge in [0.05, 0.1) is 30.3 Å². The van der Waals surface area contributed by atoms with Crippen LogP contribution in [-0.4, -0.2) is 44.1 Å². The third kappa shape index (κ3) is 3.48. The molecule has 0 unspecified atom stereocenters. The zero-order valence-electron chi connectivity index (χ0n) is 18.6. The number of rotatable bonds is 4. The van der Waals surface area contributed by atoms with Crippen LogP contribution >= 0.6 is 0 Å². The quantitative estimate of drug-likeness (QED) is 0.616. The summed E-state index contributed by atoms with van der Waals surface area (Å²) >= 11 is 0. The Morgan fingerprint density at radius 1 is 1.09 bits per heavy atom. The number of nitrogens with zero attached hydrogens (tertiary/aromatic N) is 3. The maximum atomic E-state index is 14.5. The third-order valence-electron chi connectivity index (χ3n) is 7.05. The maximum Gasteiger partial charge on any atom is 0.246 e. The molecule has 8 heteroatoms. The van der Waals surface area contributed by atoms with Gasteiger partial charge in [-0.15, -0.1) is 0 Å². The van der Waals surface area contributed by atoms with Gasteiger partial charge in [-0.05, 0) is 59.5 Å². The van der Waals surface area contributed by atoms with Crippen LogP contribution in [0.4, 0.5) is 10.1 Å². The maximum absolute atomic E-state index is 14.5. The van der Waals surface area contributed by atoms with E-state index in [-0.39, 0.29) is 30.0 Å². The molecule has 0 aromatic heterocycles. The standard InChI is InChI=1S/C26H24FN3O3S/c1-29-23-10-9-19(18-6-4-5-17(13-18)15-28)14-21(23)26-20(24(29)16-31)11-12-30(26)34(32,33)25-8-3-2-7-22(25)27/h2-10,13-14,20,24,26,31H,11-12,16H2,1H3/t20-,24-,26-/m1/s1. The summed E-state index contributed by atoms with van der Waals surface area (Å²) in [6.45, 7) is 0.126. The fraction of sp³-hybridized carbons (Fsp3) is 0.269. The van der Waals surface area contributed by atoms with Crippen molar-refractivity contribution in [2.75, 3.05) is 25.1 Å². The second-order valence-electron chi connectivity index (χ2n) is 8.77. The summed E-state index contributed by atoms with van der Waals surface area (Å²) in [7, 11) is -2.20. The first-order valence-electron chi connectivity index (χ1n) is 11.1. The molecule has 34 heavy (non-hydrogen) atoms. The predicted molar refractivity (Wildman–Crippen MR) is 127 cm³/mol. The van der Waals surface area contributed by atoms with Crippen molar-refractivity contribution in [3.8, 4) is 17.2 Å². The van der Waals surface area contributed by atoms with Crippen LogP contribution in [0.15, 0.2) is 71.6 Å². The van der Waals surface area contributed by atoms with Gasteiger partial charge in [0.15, 0.2) is 0 Å². The topological polar surface area (TPSA) is 84.6 Å². The predicted octanol–water partition coefficient (Wildman–Crippen LogP) is 3.93. The lowest BCUT2D eigenvalue weighted by Gasteiger charge is -2.44.